The number of benzene rings is 1. The van der Waals surface area contributed by atoms with Crippen LogP contribution in [0.15, 0.2) is 12.1 Å². The third kappa shape index (κ3) is 1.72. The van der Waals surface area contributed by atoms with Gasteiger partial charge in [-0.2, -0.15) is 8.42 Å². The summed E-state index contributed by atoms with van der Waals surface area (Å²) in [5.74, 6) is 1.25. The van der Waals surface area contributed by atoms with Crippen LogP contribution < -0.4 is 9.47 Å². The highest BCUT2D eigenvalue weighted by atomic mass is 32.2. The molecule has 142 valence electrons. The van der Waals surface area contributed by atoms with Crippen molar-refractivity contribution in [3.63, 3.8) is 0 Å². The van der Waals surface area contributed by atoms with Gasteiger partial charge in [0.05, 0.1) is 7.11 Å². The van der Waals surface area contributed by atoms with Crippen LogP contribution in [-0.2, 0) is 22.0 Å². The molecular formula is C18H23NO6S. The highest BCUT2D eigenvalue weighted by molar-refractivity contribution is 7.87. The van der Waals surface area contributed by atoms with Crippen LogP contribution in [0.1, 0.15) is 30.4 Å². The Kier molecular flexibility index (Phi) is 3.18. The maximum Gasteiger partial charge on any atom is 0.298 e. The van der Waals surface area contributed by atoms with Gasteiger partial charge in [-0.25, -0.2) is 0 Å². The van der Waals surface area contributed by atoms with E-state index in [1.54, 1.807) is 7.11 Å². The molecule has 0 amide bonds. The molecule has 2 aliphatic heterocycles. The van der Waals surface area contributed by atoms with E-state index >= 15 is 0 Å². The van der Waals surface area contributed by atoms with Crippen molar-refractivity contribution in [2.75, 3.05) is 20.7 Å². The molecule has 1 aromatic rings. The van der Waals surface area contributed by atoms with E-state index in [4.69, 9.17) is 9.47 Å². The minimum Gasteiger partial charge on any atom is -0.493 e. The predicted molar refractivity (Wildman–Crippen MR) is 93.0 cm³/mol. The van der Waals surface area contributed by atoms with Crippen LogP contribution in [0.3, 0.4) is 0 Å². The summed E-state index contributed by atoms with van der Waals surface area (Å²) in [6.07, 6.45) is 1.03. The molecule has 8 heteroatoms. The Morgan fingerprint density at radius 1 is 1.35 bits per heavy atom. The first-order valence-electron chi connectivity index (χ1n) is 9.00. The first-order chi connectivity index (χ1) is 12.2. The van der Waals surface area contributed by atoms with Crippen LogP contribution >= 0.6 is 0 Å². The summed E-state index contributed by atoms with van der Waals surface area (Å²) in [4.78, 5) is 0.0264. The molecule has 1 saturated carbocycles. The lowest BCUT2D eigenvalue weighted by molar-refractivity contribution is -0.121. The normalized spacial score (nSPS) is 40.7. The van der Waals surface area contributed by atoms with Crippen LogP contribution in [0.2, 0.25) is 0 Å². The molecule has 5 rings (SSSR count). The lowest BCUT2D eigenvalue weighted by Crippen LogP contribution is -2.71. The van der Waals surface area contributed by atoms with Gasteiger partial charge in [-0.3, -0.25) is 4.55 Å². The standard InChI is InChI=1S/C18H23NO6S/c1-19-8-7-17-11-5-6-18(20,26(21,22)23)16(17)25-15-13(24-2)4-3-10(14(15)17)9-12(11)19/h3-4,11-12,16,20H,5-9H2,1-2H3,(H,21,22,23)/t11-,12+,16+,17-,18?/m0/s1. The Labute approximate surface area is 152 Å². The van der Waals surface area contributed by atoms with Crippen LogP contribution in [0.4, 0.5) is 0 Å². The third-order valence-corrected chi connectivity index (χ3v) is 8.58. The van der Waals surface area contributed by atoms with E-state index in [1.165, 1.54) is 0 Å². The number of hydrogen-bond acceptors (Lipinski definition) is 6. The number of hydrogen-bond donors (Lipinski definition) is 2. The average Bonchev–Trinajstić information content (AvgIpc) is 2.94. The second-order valence-corrected chi connectivity index (χ2v) is 9.79. The minimum atomic E-state index is -4.71. The zero-order valence-corrected chi connectivity index (χ0v) is 15.6. The molecular weight excluding hydrogens is 358 g/mol. The zero-order valence-electron chi connectivity index (χ0n) is 14.8. The molecule has 7 nitrogen and oxygen atoms in total. The van der Waals surface area contributed by atoms with E-state index in [0.29, 0.717) is 24.3 Å². The van der Waals surface area contributed by atoms with Gasteiger partial charge in [0, 0.05) is 17.0 Å². The van der Waals surface area contributed by atoms with E-state index in [-0.39, 0.29) is 18.4 Å². The molecule has 26 heavy (non-hydrogen) atoms. The second-order valence-electron chi connectivity index (χ2n) is 8.14. The zero-order chi connectivity index (χ0) is 18.5. The van der Waals surface area contributed by atoms with Crippen LogP contribution in [0, 0.1) is 5.92 Å². The Balaban J connectivity index is 1.81. The molecule has 2 N–H and O–H groups in total. The Hall–Kier alpha value is -1.35. The third-order valence-electron chi connectivity index (χ3n) is 7.27. The second kappa shape index (κ2) is 4.92. The summed E-state index contributed by atoms with van der Waals surface area (Å²) in [7, 11) is -1.06. The van der Waals surface area contributed by atoms with E-state index in [9.17, 15) is 18.1 Å². The quantitative estimate of drug-likeness (QED) is 0.736. The van der Waals surface area contributed by atoms with Crippen molar-refractivity contribution in [1.82, 2.24) is 4.90 Å². The molecule has 2 heterocycles. The molecule has 1 aromatic carbocycles. The lowest BCUT2D eigenvalue weighted by atomic mass is 9.51. The molecule has 0 aromatic heterocycles. The molecule has 1 spiro atoms. The van der Waals surface area contributed by atoms with Gasteiger partial charge in [0.25, 0.3) is 10.1 Å². The smallest absolute Gasteiger partial charge is 0.298 e. The fraction of sp³-hybridized carbons (Fsp3) is 0.667. The summed E-state index contributed by atoms with van der Waals surface area (Å²) in [5, 5.41) is 11.1. The van der Waals surface area contributed by atoms with Crippen molar-refractivity contribution >= 4 is 10.1 Å². The van der Waals surface area contributed by atoms with Gasteiger partial charge in [0.15, 0.2) is 17.6 Å². The largest absolute Gasteiger partial charge is 0.493 e. The van der Waals surface area contributed by atoms with Crippen molar-refractivity contribution in [2.24, 2.45) is 5.92 Å². The van der Waals surface area contributed by atoms with Gasteiger partial charge in [-0.05, 0) is 56.8 Å². The summed E-state index contributed by atoms with van der Waals surface area (Å²) >= 11 is 0. The summed E-state index contributed by atoms with van der Waals surface area (Å²) in [6, 6.07) is 4.13. The molecule has 4 aliphatic rings. The molecule has 2 fully saturated rings. The number of likely N-dealkylation sites (N-methyl/N-ethyl adjacent to an activating group) is 1. The first-order valence-corrected chi connectivity index (χ1v) is 10.4. The Morgan fingerprint density at radius 3 is 2.81 bits per heavy atom. The molecule has 2 bridgehead atoms. The maximum absolute atomic E-state index is 12.2. The van der Waals surface area contributed by atoms with Crippen molar-refractivity contribution in [1.29, 1.82) is 0 Å². The summed E-state index contributed by atoms with van der Waals surface area (Å²) in [6.45, 7) is 0.790. The number of ether oxygens (including phenoxy) is 2. The monoisotopic (exact) mass is 381 g/mol. The minimum absolute atomic E-state index is 0.0289. The van der Waals surface area contributed by atoms with Gasteiger partial charge >= 0.3 is 0 Å². The van der Waals surface area contributed by atoms with Gasteiger partial charge in [-0.15, -0.1) is 0 Å². The highest BCUT2D eigenvalue weighted by Gasteiger charge is 2.72. The topological polar surface area (TPSA) is 96.3 Å². The molecule has 1 unspecified atom stereocenters. The number of piperidine rings is 1. The van der Waals surface area contributed by atoms with Crippen molar-refractivity contribution in [3.8, 4) is 11.5 Å². The molecule has 0 radical (unpaired) electrons. The number of rotatable bonds is 2. The molecule has 5 atom stereocenters. The van der Waals surface area contributed by atoms with Crippen LogP contribution in [-0.4, -0.2) is 60.8 Å². The van der Waals surface area contributed by atoms with Crippen molar-refractivity contribution in [2.45, 2.75) is 48.2 Å². The Bertz CT molecular complexity index is 901. The highest BCUT2D eigenvalue weighted by Crippen LogP contribution is 2.65. The van der Waals surface area contributed by atoms with Crippen molar-refractivity contribution < 1.29 is 27.6 Å². The van der Waals surface area contributed by atoms with Gasteiger partial charge in [-0.1, -0.05) is 6.07 Å². The lowest BCUT2D eigenvalue weighted by Gasteiger charge is -2.59. The van der Waals surface area contributed by atoms with Crippen molar-refractivity contribution in [3.05, 3.63) is 23.3 Å². The van der Waals surface area contributed by atoms with E-state index in [0.717, 1.165) is 24.1 Å². The number of methoxy groups -OCH3 is 1. The fourth-order valence-electron chi connectivity index (χ4n) is 6.14. The molecule has 1 saturated heterocycles. The Morgan fingerprint density at radius 2 is 2.12 bits per heavy atom. The maximum atomic E-state index is 12.2. The predicted octanol–water partition coefficient (Wildman–Crippen LogP) is 0.941. The van der Waals surface area contributed by atoms with Gasteiger partial charge in [0.2, 0.25) is 4.93 Å². The number of aliphatic hydroxyl groups is 1. The van der Waals surface area contributed by atoms with Gasteiger partial charge in [0.1, 0.15) is 0 Å². The average molecular weight is 381 g/mol. The molecule has 2 aliphatic carbocycles. The van der Waals surface area contributed by atoms with Crippen LogP contribution in [0.25, 0.3) is 0 Å². The van der Waals surface area contributed by atoms with Gasteiger partial charge < -0.3 is 19.5 Å². The SMILES string of the molecule is COc1ccc2c3c1O[C@H]1C(O)(S(=O)(=O)O)CC[C@H]4[C@@H](C2)N(C)CC[C@@]341. The number of nitrogens with zero attached hydrogens (tertiary/aromatic N) is 1. The first kappa shape index (κ1) is 16.8. The fourth-order valence-corrected chi connectivity index (χ4v) is 7.05. The number of likely N-dealkylation sites (tertiary alicyclic amines) is 1. The van der Waals surface area contributed by atoms with Crippen LogP contribution in [0.5, 0.6) is 11.5 Å². The van der Waals surface area contributed by atoms with E-state index in [2.05, 4.69) is 11.9 Å². The van der Waals surface area contributed by atoms with E-state index in [1.807, 2.05) is 12.1 Å². The summed E-state index contributed by atoms with van der Waals surface area (Å²) < 4.78 is 45.8. The van der Waals surface area contributed by atoms with E-state index < -0.39 is 26.6 Å². The summed E-state index contributed by atoms with van der Waals surface area (Å²) in [5.41, 5.74) is 1.49.